The number of halogens is 2. The maximum atomic E-state index is 11.7. The summed E-state index contributed by atoms with van der Waals surface area (Å²) in [5.74, 6) is 0. The molecular weight excluding hydrogens is 259 g/mol. The Labute approximate surface area is 109 Å². The maximum absolute atomic E-state index is 11.7. The van der Waals surface area contributed by atoms with Crippen LogP contribution in [-0.4, -0.2) is 9.55 Å². The van der Waals surface area contributed by atoms with E-state index in [1.54, 1.807) is 22.9 Å². The molecule has 0 bridgehead atoms. The van der Waals surface area contributed by atoms with Gasteiger partial charge in [-0.25, -0.2) is 4.98 Å². The predicted octanol–water partition coefficient (Wildman–Crippen LogP) is 2.91. The molecule has 0 amide bonds. The molecule has 0 N–H and O–H groups in total. The average Bonchev–Trinajstić information content (AvgIpc) is 2.26. The van der Waals surface area contributed by atoms with E-state index in [0.717, 1.165) is 11.3 Å². The topological polar surface area (TPSA) is 34.9 Å². The predicted molar refractivity (Wildman–Crippen MR) is 68.8 cm³/mol. The highest BCUT2D eigenvalue weighted by Gasteiger charge is 2.06. The summed E-state index contributed by atoms with van der Waals surface area (Å²) in [4.78, 5) is 15.7. The standard InChI is InChI=1S/C12H10Cl2N2O/c1-8-3-2-4-12(17)16(8)7-9-6-15-11(14)5-10(9)13/h2-6H,7H2,1H3. The van der Waals surface area contributed by atoms with Gasteiger partial charge in [0.2, 0.25) is 0 Å². The molecule has 0 unspecified atom stereocenters. The Bertz CT molecular complexity index is 608. The first-order chi connectivity index (χ1) is 8.08. The van der Waals surface area contributed by atoms with E-state index in [1.165, 1.54) is 6.07 Å². The smallest absolute Gasteiger partial charge is 0.251 e. The van der Waals surface area contributed by atoms with Crippen molar-refractivity contribution in [1.82, 2.24) is 9.55 Å². The first-order valence-electron chi connectivity index (χ1n) is 5.04. The second-order valence-electron chi connectivity index (χ2n) is 3.69. The fraction of sp³-hybridized carbons (Fsp3) is 0.167. The van der Waals surface area contributed by atoms with Crippen LogP contribution in [0, 0.1) is 6.92 Å². The minimum absolute atomic E-state index is 0.0592. The van der Waals surface area contributed by atoms with Crippen molar-refractivity contribution in [1.29, 1.82) is 0 Å². The molecule has 5 heteroatoms. The number of nitrogens with zero attached hydrogens (tertiary/aromatic N) is 2. The van der Waals surface area contributed by atoms with E-state index in [0.29, 0.717) is 16.7 Å². The summed E-state index contributed by atoms with van der Waals surface area (Å²) >= 11 is 11.8. The molecule has 3 nitrogen and oxygen atoms in total. The highest BCUT2D eigenvalue weighted by atomic mass is 35.5. The van der Waals surface area contributed by atoms with Gasteiger partial charge in [0.15, 0.2) is 0 Å². The van der Waals surface area contributed by atoms with Crippen molar-refractivity contribution in [3.05, 3.63) is 62.2 Å². The zero-order valence-corrected chi connectivity index (χ0v) is 10.7. The van der Waals surface area contributed by atoms with Gasteiger partial charge in [0.1, 0.15) is 5.15 Å². The minimum atomic E-state index is -0.0592. The molecule has 0 aromatic carbocycles. The lowest BCUT2D eigenvalue weighted by atomic mass is 10.2. The highest BCUT2D eigenvalue weighted by molar-refractivity contribution is 6.34. The Morgan fingerprint density at radius 1 is 1.35 bits per heavy atom. The molecule has 2 rings (SSSR count). The summed E-state index contributed by atoms with van der Waals surface area (Å²) in [6.07, 6.45) is 1.59. The molecule has 0 saturated carbocycles. The molecule has 2 aromatic heterocycles. The minimum Gasteiger partial charge on any atom is -0.308 e. The average molecular weight is 269 g/mol. The Hall–Kier alpha value is -1.32. The number of hydrogen-bond donors (Lipinski definition) is 0. The maximum Gasteiger partial charge on any atom is 0.251 e. The second kappa shape index (κ2) is 4.90. The normalized spacial score (nSPS) is 10.5. The van der Waals surface area contributed by atoms with Gasteiger partial charge in [-0.1, -0.05) is 29.3 Å². The van der Waals surface area contributed by atoms with Crippen LogP contribution in [0.1, 0.15) is 11.3 Å². The quantitative estimate of drug-likeness (QED) is 0.786. The summed E-state index contributed by atoms with van der Waals surface area (Å²) in [6.45, 7) is 2.27. The number of aryl methyl sites for hydroxylation is 1. The van der Waals surface area contributed by atoms with Crippen molar-refractivity contribution < 1.29 is 0 Å². The van der Waals surface area contributed by atoms with Crippen LogP contribution < -0.4 is 5.56 Å². The van der Waals surface area contributed by atoms with Gasteiger partial charge in [0, 0.05) is 23.5 Å². The number of aromatic nitrogens is 2. The van der Waals surface area contributed by atoms with Crippen molar-refractivity contribution in [2.24, 2.45) is 0 Å². The molecule has 0 radical (unpaired) electrons. The van der Waals surface area contributed by atoms with Crippen LogP contribution in [0.25, 0.3) is 0 Å². The van der Waals surface area contributed by atoms with Gasteiger partial charge in [-0.2, -0.15) is 0 Å². The van der Waals surface area contributed by atoms with Crippen LogP contribution in [-0.2, 0) is 6.54 Å². The fourth-order valence-corrected chi connectivity index (χ4v) is 1.97. The number of pyridine rings is 2. The van der Waals surface area contributed by atoms with Gasteiger partial charge in [-0.3, -0.25) is 4.79 Å². The molecule has 0 fully saturated rings. The van der Waals surface area contributed by atoms with Crippen molar-refractivity contribution in [3.63, 3.8) is 0 Å². The van der Waals surface area contributed by atoms with E-state index in [4.69, 9.17) is 23.2 Å². The largest absolute Gasteiger partial charge is 0.308 e. The lowest BCUT2D eigenvalue weighted by molar-refractivity contribution is 0.727. The Morgan fingerprint density at radius 3 is 2.76 bits per heavy atom. The van der Waals surface area contributed by atoms with Crippen LogP contribution >= 0.6 is 23.2 Å². The Morgan fingerprint density at radius 2 is 2.12 bits per heavy atom. The third-order valence-electron chi connectivity index (χ3n) is 2.49. The van der Waals surface area contributed by atoms with E-state index in [-0.39, 0.29) is 5.56 Å². The zero-order valence-electron chi connectivity index (χ0n) is 9.15. The van der Waals surface area contributed by atoms with Crippen molar-refractivity contribution in [3.8, 4) is 0 Å². The van der Waals surface area contributed by atoms with Gasteiger partial charge in [0.25, 0.3) is 5.56 Å². The highest BCUT2D eigenvalue weighted by Crippen LogP contribution is 2.19. The van der Waals surface area contributed by atoms with Crippen LogP contribution in [0.3, 0.4) is 0 Å². The lowest BCUT2D eigenvalue weighted by Gasteiger charge is -2.10. The van der Waals surface area contributed by atoms with E-state index in [9.17, 15) is 4.79 Å². The first kappa shape index (κ1) is 12.1. The van der Waals surface area contributed by atoms with Crippen LogP contribution in [0.5, 0.6) is 0 Å². The van der Waals surface area contributed by atoms with E-state index < -0.39 is 0 Å². The van der Waals surface area contributed by atoms with Crippen LogP contribution in [0.4, 0.5) is 0 Å². The van der Waals surface area contributed by atoms with Gasteiger partial charge in [-0.05, 0) is 19.1 Å². The summed E-state index contributed by atoms with van der Waals surface area (Å²) in [6, 6.07) is 6.69. The molecule has 0 saturated heterocycles. The summed E-state index contributed by atoms with van der Waals surface area (Å²) < 4.78 is 1.64. The molecule has 2 aromatic rings. The Balaban J connectivity index is 2.42. The van der Waals surface area contributed by atoms with E-state index in [2.05, 4.69) is 4.98 Å². The third-order valence-corrected chi connectivity index (χ3v) is 3.05. The van der Waals surface area contributed by atoms with Gasteiger partial charge in [-0.15, -0.1) is 0 Å². The lowest BCUT2D eigenvalue weighted by Crippen LogP contribution is -2.21. The molecular formula is C12H10Cl2N2O. The molecule has 88 valence electrons. The zero-order chi connectivity index (χ0) is 12.4. The SMILES string of the molecule is Cc1cccc(=O)n1Cc1cnc(Cl)cc1Cl. The fourth-order valence-electron chi connectivity index (χ4n) is 1.55. The molecule has 0 aliphatic rings. The van der Waals surface area contributed by atoms with E-state index >= 15 is 0 Å². The molecule has 0 aliphatic carbocycles. The first-order valence-corrected chi connectivity index (χ1v) is 5.80. The van der Waals surface area contributed by atoms with Crippen LogP contribution in [0.2, 0.25) is 10.2 Å². The Kier molecular flexibility index (Phi) is 3.50. The molecule has 2 heterocycles. The second-order valence-corrected chi connectivity index (χ2v) is 4.48. The molecule has 0 spiro atoms. The monoisotopic (exact) mass is 268 g/mol. The third kappa shape index (κ3) is 2.68. The molecule has 17 heavy (non-hydrogen) atoms. The van der Waals surface area contributed by atoms with Crippen molar-refractivity contribution in [2.75, 3.05) is 0 Å². The molecule has 0 aliphatic heterocycles. The number of hydrogen-bond acceptors (Lipinski definition) is 2. The van der Waals surface area contributed by atoms with E-state index in [1.807, 2.05) is 13.0 Å². The van der Waals surface area contributed by atoms with Gasteiger partial charge >= 0.3 is 0 Å². The van der Waals surface area contributed by atoms with Crippen molar-refractivity contribution in [2.45, 2.75) is 13.5 Å². The number of rotatable bonds is 2. The molecule has 0 atom stereocenters. The summed E-state index contributed by atoms with van der Waals surface area (Å²) in [5, 5.41) is 0.857. The van der Waals surface area contributed by atoms with Gasteiger partial charge in [0.05, 0.1) is 11.6 Å². The van der Waals surface area contributed by atoms with Crippen LogP contribution in [0.15, 0.2) is 35.3 Å². The summed E-state index contributed by atoms with van der Waals surface area (Å²) in [7, 11) is 0. The van der Waals surface area contributed by atoms with Gasteiger partial charge < -0.3 is 4.57 Å². The van der Waals surface area contributed by atoms with Crippen molar-refractivity contribution >= 4 is 23.2 Å². The summed E-state index contributed by atoms with van der Waals surface area (Å²) in [5.41, 5.74) is 1.59.